The number of urea groups is 1. The number of anilines is 1. The fourth-order valence-corrected chi connectivity index (χ4v) is 1.53. The maximum atomic E-state index is 11.6. The topological polar surface area (TPSA) is 98.7 Å². The van der Waals surface area contributed by atoms with Crippen LogP contribution >= 0.6 is 0 Å². The molecule has 1 unspecified atom stereocenters. The zero-order valence-corrected chi connectivity index (χ0v) is 12.0. The molecule has 0 aromatic heterocycles. The van der Waals surface area contributed by atoms with Gasteiger partial charge < -0.3 is 10.4 Å². The number of benzene rings is 1. The van der Waals surface area contributed by atoms with Crippen molar-refractivity contribution in [2.24, 2.45) is 0 Å². The van der Waals surface area contributed by atoms with E-state index in [2.05, 4.69) is 10.6 Å². The van der Waals surface area contributed by atoms with E-state index in [1.54, 1.807) is 31.3 Å². The van der Waals surface area contributed by atoms with Crippen molar-refractivity contribution in [1.82, 2.24) is 10.2 Å². The highest BCUT2D eigenvalue weighted by atomic mass is 16.4. The average molecular weight is 293 g/mol. The molecule has 0 radical (unpaired) electrons. The summed E-state index contributed by atoms with van der Waals surface area (Å²) in [7, 11) is 1.61. The van der Waals surface area contributed by atoms with Crippen molar-refractivity contribution in [3.05, 3.63) is 30.3 Å². The smallest absolute Gasteiger partial charge is 0.325 e. The monoisotopic (exact) mass is 293 g/mol. The molecular formula is C14H19N3O4. The minimum atomic E-state index is -0.959. The first-order valence-electron chi connectivity index (χ1n) is 6.49. The van der Waals surface area contributed by atoms with Gasteiger partial charge in [0.15, 0.2) is 0 Å². The summed E-state index contributed by atoms with van der Waals surface area (Å²) < 4.78 is 0. The Morgan fingerprint density at radius 1 is 1.24 bits per heavy atom. The van der Waals surface area contributed by atoms with E-state index in [1.807, 2.05) is 6.07 Å². The standard InChI is InChI=1S/C14H19N3O4/c1-10(13(19)20)17(2)9-8-12(18)16-14(21)15-11-6-4-3-5-7-11/h3-7,10H,8-9H2,1-2H3,(H,19,20)(H2,15,16,18,21). The van der Waals surface area contributed by atoms with Crippen molar-refractivity contribution in [2.75, 3.05) is 18.9 Å². The van der Waals surface area contributed by atoms with E-state index in [-0.39, 0.29) is 13.0 Å². The molecule has 3 amide bonds. The van der Waals surface area contributed by atoms with Gasteiger partial charge in [-0.15, -0.1) is 0 Å². The summed E-state index contributed by atoms with van der Waals surface area (Å²) in [6.45, 7) is 1.78. The second kappa shape index (κ2) is 8.01. The Labute approximate surface area is 122 Å². The van der Waals surface area contributed by atoms with Crippen LogP contribution in [0.15, 0.2) is 30.3 Å². The molecule has 1 atom stereocenters. The highest BCUT2D eigenvalue weighted by Crippen LogP contribution is 2.04. The maximum Gasteiger partial charge on any atom is 0.325 e. The first-order valence-corrected chi connectivity index (χ1v) is 6.49. The number of likely N-dealkylation sites (N-methyl/N-ethyl adjacent to an activating group) is 1. The van der Waals surface area contributed by atoms with Gasteiger partial charge in [-0.1, -0.05) is 18.2 Å². The van der Waals surface area contributed by atoms with E-state index in [1.165, 1.54) is 11.8 Å². The van der Waals surface area contributed by atoms with Crippen molar-refractivity contribution in [1.29, 1.82) is 0 Å². The number of aliphatic carboxylic acids is 1. The number of carbonyl (C=O) groups is 3. The van der Waals surface area contributed by atoms with Crippen LogP contribution in [0.25, 0.3) is 0 Å². The van der Waals surface area contributed by atoms with Gasteiger partial charge in [0.05, 0.1) is 0 Å². The number of hydrogen-bond donors (Lipinski definition) is 3. The zero-order valence-electron chi connectivity index (χ0n) is 12.0. The molecule has 21 heavy (non-hydrogen) atoms. The lowest BCUT2D eigenvalue weighted by Crippen LogP contribution is -2.40. The average Bonchev–Trinajstić information content (AvgIpc) is 2.44. The molecule has 0 heterocycles. The van der Waals surface area contributed by atoms with E-state index in [9.17, 15) is 14.4 Å². The fraction of sp³-hybridized carbons (Fsp3) is 0.357. The SMILES string of the molecule is CC(C(=O)O)N(C)CCC(=O)NC(=O)Nc1ccccc1. The molecule has 0 spiro atoms. The van der Waals surface area contributed by atoms with Gasteiger partial charge in [0.1, 0.15) is 6.04 Å². The zero-order chi connectivity index (χ0) is 15.8. The van der Waals surface area contributed by atoms with Gasteiger partial charge in [0, 0.05) is 18.7 Å². The molecule has 0 aliphatic rings. The molecule has 0 saturated carbocycles. The van der Waals surface area contributed by atoms with Crippen molar-refractivity contribution in [3.8, 4) is 0 Å². The molecule has 0 aliphatic carbocycles. The van der Waals surface area contributed by atoms with Crippen molar-refractivity contribution < 1.29 is 19.5 Å². The summed E-state index contributed by atoms with van der Waals surface area (Å²) in [6, 6.07) is 7.45. The molecule has 3 N–H and O–H groups in total. The van der Waals surface area contributed by atoms with Gasteiger partial charge in [-0.2, -0.15) is 0 Å². The number of imide groups is 1. The third-order valence-electron chi connectivity index (χ3n) is 2.99. The summed E-state index contributed by atoms with van der Waals surface area (Å²) in [5.41, 5.74) is 0.583. The van der Waals surface area contributed by atoms with Crippen LogP contribution in [-0.2, 0) is 9.59 Å². The van der Waals surface area contributed by atoms with Crippen LogP contribution in [0.4, 0.5) is 10.5 Å². The molecule has 0 aliphatic heterocycles. The minimum Gasteiger partial charge on any atom is -0.480 e. The predicted molar refractivity (Wildman–Crippen MR) is 77.9 cm³/mol. The molecule has 1 aromatic carbocycles. The van der Waals surface area contributed by atoms with Crippen LogP contribution in [-0.4, -0.2) is 47.5 Å². The highest BCUT2D eigenvalue weighted by Gasteiger charge is 2.17. The lowest BCUT2D eigenvalue weighted by molar-refractivity contribution is -0.142. The van der Waals surface area contributed by atoms with E-state index < -0.39 is 23.9 Å². The summed E-state index contributed by atoms with van der Waals surface area (Å²) >= 11 is 0. The van der Waals surface area contributed by atoms with Gasteiger partial charge in [0.2, 0.25) is 5.91 Å². The number of carboxylic acid groups (broad SMARTS) is 1. The van der Waals surface area contributed by atoms with Gasteiger partial charge in [-0.05, 0) is 26.1 Å². The first kappa shape index (κ1) is 16.6. The molecule has 7 heteroatoms. The normalized spacial score (nSPS) is 11.8. The molecule has 7 nitrogen and oxygen atoms in total. The Hall–Kier alpha value is -2.41. The van der Waals surface area contributed by atoms with Crippen LogP contribution < -0.4 is 10.6 Å². The largest absolute Gasteiger partial charge is 0.480 e. The quantitative estimate of drug-likeness (QED) is 0.730. The highest BCUT2D eigenvalue weighted by molar-refractivity contribution is 6.01. The van der Waals surface area contributed by atoms with Gasteiger partial charge in [-0.25, -0.2) is 4.79 Å². The number of amides is 3. The number of rotatable bonds is 6. The number of carboxylic acids is 1. The number of para-hydroxylation sites is 1. The maximum absolute atomic E-state index is 11.6. The Kier molecular flexibility index (Phi) is 6.35. The van der Waals surface area contributed by atoms with Crippen molar-refractivity contribution in [3.63, 3.8) is 0 Å². The van der Waals surface area contributed by atoms with Crippen molar-refractivity contribution in [2.45, 2.75) is 19.4 Å². The second-order valence-electron chi connectivity index (χ2n) is 4.61. The molecule has 0 saturated heterocycles. The molecule has 0 fully saturated rings. The van der Waals surface area contributed by atoms with Gasteiger partial charge >= 0.3 is 12.0 Å². The Morgan fingerprint density at radius 2 is 1.86 bits per heavy atom. The summed E-state index contributed by atoms with van der Waals surface area (Å²) in [4.78, 5) is 35.4. The lowest BCUT2D eigenvalue weighted by atomic mass is 10.3. The van der Waals surface area contributed by atoms with E-state index in [0.29, 0.717) is 5.69 Å². The van der Waals surface area contributed by atoms with Gasteiger partial charge in [0.25, 0.3) is 0 Å². The minimum absolute atomic E-state index is 0.0380. The third kappa shape index (κ3) is 6.05. The Morgan fingerprint density at radius 3 is 2.43 bits per heavy atom. The lowest BCUT2D eigenvalue weighted by Gasteiger charge is -2.20. The van der Waals surface area contributed by atoms with E-state index in [0.717, 1.165) is 0 Å². The molecule has 0 bridgehead atoms. The summed E-state index contributed by atoms with van der Waals surface area (Å²) in [5.74, 6) is -1.42. The van der Waals surface area contributed by atoms with Crippen molar-refractivity contribution >= 4 is 23.6 Å². The third-order valence-corrected chi connectivity index (χ3v) is 2.99. The summed E-state index contributed by atoms with van der Waals surface area (Å²) in [6.07, 6.45) is 0.0380. The molecule has 1 rings (SSSR count). The van der Waals surface area contributed by atoms with Crippen LogP contribution in [0, 0.1) is 0 Å². The summed E-state index contributed by atoms with van der Waals surface area (Å²) in [5, 5.41) is 13.5. The second-order valence-corrected chi connectivity index (χ2v) is 4.61. The van der Waals surface area contributed by atoms with Crippen LogP contribution in [0.2, 0.25) is 0 Å². The number of hydrogen-bond acceptors (Lipinski definition) is 4. The first-order chi connectivity index (χ1) is 9.90. The molecule has 114 valence electrons. The van der Waals surface area contributed by atoms with Crippen LogP contribution in [0.3, 0.4) is 0 Å². The van der Waals surface area contributed by atoms with Crippen LogP contribution in [0.1, 0.15) is 13.3 Å². The number of nitrogens with one attached hydrogen (secondary N) is 2. The predicted octanol–water partition coefficient (Wildman–Crippen LogP) is 1.13. The van der Waals surface area contributed by atoms with Crippen LogP contribution in [0.5, 0.6) is 0 Å². The Balaban J connectivity index is 2.33. The number of nitrogens with zero attached hydrogens (tertiary/aromatic N) is 1. The molecular weight excluding hydrogens is 274 g/mol. The fourth-order valence-electron chi connectivity index (χ4n) is 1.53. The van der Waals surface area contributed by atoms with Gasteiger partial charge in [-0.3, -0.25) is 19.8 Å². The number of carbonyl (C=O) groups excluding carboxylic acids is 2. The Bertz CT molecular complexity index is 504. The van der Waals surface area contributed by atoms with E-state index >= 15 is 0 Å². The van der Waals surface area contributed by atoms with E-state index in [4.69, 9.17) is 5.11 Å². The molecule has 1 aromatic rings.